The molecular weight excluding hydrogens is 244 g/mol. The van der Waals surface area contributed by atoms with Crippen molar-refractivity contribution >= 4 is 17.7 Å². The lowest BCUT2D eigenvalue weighted by molar-refractivity contribution is -0.140. The van der Waals surface area contributed by atoms with Crippen LogP contribution in [0.15, 0.2) is 32.5 Å². The van der Waals surface area contributed by atoms with Crippen molar-refractivity contribution in [1.29, 1.82) is 0 Å². The molecule has 0 saturated heterocycles. The minimum atomic E-state index is -0.261. The number of methoxy groups -OCH3 is 1. The molecule has 0 aliphatic rings. The highest BCUT2D eigenvalue weighted by Gasteiger charge is 2.11. The molecule has 90 valence electrons. The summed E-state index contributed by atoms with van der Waals surface area (Å²) < 4.78 is 15.0. The van der Waals surface area contributed by atoms with Gasteiger partial charge in [0.2, 0.25) is 0 Å². The summed E-state index contributed by atoms with van der Waals surface area (Å²) in [6.07, 6.45) is 1.84. The average molecular weight is 254 g/mol. The predicted octanol–water partition coefficient (Wildman–Crippen LogP) is 1.98. The molecule has 0 atom stereocenters. The standard InChI is InChI=1S/C10H10N2O4S/c1-14-8(13)4-6-17-10-12-11-9(16-10)7-3-2-5-15-7/h2-3,5H,4,6H2,1H3. The maximum atomic E-state index is 10.9. The fourth-order valence-corrected chi connectivity index (χ4v) is 1.77. The zero-order chi connectivity index (χ0) is 12.1. The molecule has 6 nitrogen and oxygen atoms in total. The fourth-order valence-electron chi connectivity index (χ4n) is 1.09. The number of nitrogens with zero attached hydrogens (tertiary/aromatic N) is 2. The molecule has 0 N–H and O–H groups in total. The van der Waals surface area contributed by atoms with Gasteiger partial charge in [0.25, 0.3) is 11.1 Å². The number of hydrogen-bond acceptors (Lipinski definition) is 7. The van der Waals surface area contributed by atoms with E-state index in [0.717, 1.165) is 0 Å². The van der Waals surface area contributed by atoms with Crippen LogP contribution in [0.4, 0.5) is 0 Å². The van der Waals surface area contributed by atoms with Crippen molar-refractivity contribution in [2.45, 2.75) is 11.6 Å². The van der Waals surface area contributed by atoms with E-state index >= 15 is 0 Å². The van der Waals surface area contributed by atoms with E-state index < -0.39 is 0 Å². The van der Waals surface area contributed by atoms with Crippen molar-refractivity contribution < 1.29 is 18.4 Å². The normalized spacial score (nSPS) is 10.4. The van der Waals surface area contributed by atoms with Crippen LogP contribution in [0, 0.1) is 0 Å². The largest absolute Gasteiger partial charge is 0.469 e. The van der Waals surface area contributed by atoms with Gasteiger partial charge in [0.15, 0.2) is 5.76 Å². The number of carbonyl (C=O) groups excluding carboxylic acids is 1. The zero-order valence-corrected chi connectivity index (χ0v) is 9.90. The van der Waals surface area contributed by atoms with E-state index in [1.54, 1.807) is 12.1 Å². The third kappa shape index (κ3) is 3.10. The SMILES string of the molecule is COC(=O)CCSc1nnc(-c2ccco2)o1. The minimum absolute atomic E-state index is 0.261. The Morgan fingerprint density at radius 1 is 1.53 bits per heavy atom. The molecule has 0 aromatic carbocycles. The number of aromatic nitrogens is 2. The summed E-state index contributed by atoms with van der Waals surface area (Å²) in [6.45, 7) is 0. The Bertz CT molecular complexity index is 480. The Morgan fingerprint density at radius 2 is 2.41 bits per heavy atom. The summed E-state index contributed by atoms with van der Waals surface area (Å²) >= 11 is 1.30. The molecule has 2 heterocycles. The maximum Gasteiger partial charge on any atom is 0.306 e. The van der Waals surface area contributed by atoms with Gasteiger partial charge in [0, 0.05) is 5.75 Å². The Labute approximate surface area is 101 Å². The van der Waals surface area contributed by atoms with Crippen LogP contribution < -0.4 is 0 Å². The number of carbonyl (C=O) groups is 1. The molecule has 17 heavy (non-hydrogen) atoms. The first kappa shape index (κ1) is 11.7. The van der Waals surface area contributed by atoms with Crippen molar-refractivity contribution in [3.05, 3.63) is 18.4 Å². The number of thioether (sulfide) groups is 1. The summed E-state index contributed by atoms with van der Waals surface area (Å²) in [5, 5.41) is 8.06. The van der Waals surface area contributed by atoms with Crippen molar-refractivity contribution in [3.8, 4) is 11.7 Å². The summed E-state index contributed by atoms with van der Waals surface area (Å²) in [7, 11) is 1.36. The Hall–Kier alpha value is -1.76. The smallest absolute Gasteiger partial charge is 0.306 e. The molecule has 0 spiro atoms. The second-order valence-corrected chi connectivity index (χ2v) is 4.07. The average Bonchev–Trinajstić information content (AvgIpc) is 2.98. The van der Waals surface area contributed by atoms with Gasteiger partial charge < -0.3 is 13.6 Å². The third-order valence-corrected chi connectivity index (χ3v) is 2.72. The van der Waals surface area contributed by atoms with Crippen LogP contribution in [0.1, 0.15) is 6.42 Å². The monoisotopic (exact) mass is 254 g/mol. The van der Waals surface area contributed by atoms with Gasteiger partial charge in [-0.05, 0) is 12.1 Å². The third-order valence-electron chi connectivity index (χ3n) is 1.90. The first-order valence-electron chi connectivity index (χ1n) is 4.86. The fraction of sp³-hybridized carbons (Fsp3) is 0.300. The molecule has 0 bridgehead atoms. The van der Waals surface area contributed by atoms with Crippen LogP contribution in [-0.4, -0.2) is 29.0 Å². The van der Waals surface area contributed by atoms with E-state index in [-0.39, 0.29) is 5.97 Å². The predicted molar refractivity (Wildman–Crippen MR) is 59.4 cm³/mol. The Kier molecular flexibility index (Phi) is 3.81. The van der Waals surface area contributed by atoms with E-state index in [4.69, 9.17) is 8.83 Å². The molecule has 0 amide bonds. The van der Waals surface area contributed by atoms with Crippen LogP contribution >= 0.6 is 11.8 Å². The number of hydrogen-bond donors (Lipinski definition) is 0. The lowest BCUT2D eigenvalue weighted by Gasteiger charge is -1.95. The molecule has 0 aliphatic carbocycles. The second-order valence-electron chi connectivity index (χ2n) is 3.03. The maximum absolute atomic E-state index is 10.9. The zero-order valence-electron chi connectivity index (χ0n) is 9.08. The van der Waals surface area contributed by atoms with Gasteiger partial charge in [-0.2, -0.15) is 0 Å². The Morgan fingerprint density at radius 3 is 3.12 bits per heavy atom. The van der Waals surface area contributed by atoms with E-state index in [9.17, 15) is 4.79 Å². The second kappa shape index (κ2) is 5.53. The number of esters is 1. The molecular formula is C10H10N2O4S. The van der Waals surface area contributed by atoms with E-state index in [0.29, 0.717) is 29.0 Å². The van der Waals surface area contributed by atoms with Crippen LogP contribution in [0.2, 0.25) is 0 Å². The molecule has 0 unspecified atom stereocenters. The highest BCUT2D eigenvalue weighted by atomic mass is 32.2. The summed E-state index contributed by atoms with van der Waals surface area (Å²) in [6, 6.07) is 3.47. The molecule has 2 aromatic heterocycles. The first-order valence-corrected chi connectivity index (χ1v) is 5.85. The summed E-state index contributed by atoms with van der Waals surface area (Å²) in [4.78, 5) is 10.9. The van der Waals surface area contributed by atoms with Crippen molar-refractivity contribution in [2.24, 2.45) is 0 Å². The molecule has 2 aromatic rings. The minimum Gasteiger partial charge on any atom is -0.469 e. The van der Waals surface area contributed by atoms with Crippen LogP contribution in [0.25, 0.3) is 11.7 Å². The Balaban J connectivity index is 1.89. The van der Waals surface area contributed by atoms with Gasteiger partial charge in [-0.15, -0.1) is 10.2 Å². The van der Waals surface area contributed by atoms with Crippen molar-refractivity contribution in [1.82, 2.24) is 10.2 Å². The molecule has 0 fully saturated rings. The molecule has 0 aliphatic heterocycles. The van der Waals surface area contributed by atoms with Crippen molar-refractivity contribution in [3.63, 3.8) is 0 Å². The van der Waals surface area contributed by atoms with E-state index in [1.165, 1.54) is 25.1 Å². The highest BCUT2D eigenvalue weighted by molar-refractivity contribution is 7.99. The van der Waals surface area contributed by atoms with Gasteiger partial charge >= 0.3 is 5.97 Å². The van der Waals surface area contributed by atoms with Gasteiger partial charge in [-0.25, -0.2) is 0 Å². The van der Waals surface area contributed by atoms with Crippen LogP contribution in [-0.2, 0) is 9.53 Å². The topological polar surface area (TPSA) is 78.4 Å². The van der Waals surface area contributed by atoms with Crippen molar-refractivity contribution in [2.75, 3.05) is 12.9 Å². The highest BCUT2D eigenvalue weighted by Crippen LogP contribution is 2.23. The summed E-state index contributed by atoms with van der Waals surface area (Å²) in [5.74, 6) is 1.13. The lowest BCUT2D eigenvalue weighted by atomic mass is 10.5. The van der Waals surface area contributed by atoms with Gasteiger partial charge in [0.1, 0.15) is 0 Å². The first-order chi connectivity index (χ1) is 8.29. The van der Waals surface area contributed by atoms with Gasteiger partial charge in [-0.1, -0.05) is 11.8 Å². The molecule has 0 saturated carbocycles. The number of ether oxygens (including phenoxy) is 1. The van der Waals surface area contributed by atoms with E-state index in [2.05, 4.69) is 14.9 Å². The van der Waals surface area contributed by atoms with Gasteiger partial charge in [-0.3, -0.25) is 4.79 Å². The lowest BCUT2D eigenvalue weighted by Crippen LogP contribution is -2.00. The molecule has 7 heteroatoms. The van der Waals surface area contributed by atoms with E-state index in [1.807, 2.05) is 0 Å². The molecule has 0 radical (unpaired) electrons. The quantitative estimate of drug-likeness (QED) is 0.596. The number of furan rings is 1. The van der Waals surface area contributed by atoms with Crippen LogP contribution in [0.3, 0.4) is 0 Å². The molecule has 2 rings (SSSR count). The van der Waals surface area contributed by atoms with Gasteiger partial charge in [0.05, 0.1) is 19.8 Å². The summed E-state index contributed by atoms with van der Waals surface area (Å²) in [5.41, 5.74) is 0. The van der Waals surface area contributed by atoms with Crippen LogP contribution in [0.5, 0.6) is 0 Å². The number of rotatable bonds is 5.